The number of nitrogens with one attached hydrogen (secondary N) is 2. The minimum atomic E-state index is -4.18. The lowest BCUT2D eigenvalue weighted by molar-refractivity contribution is -0.124. The van der Waals surface area contributed by atoms with E-state index in [0.717, 1.165) is 6.54 Å². The third kappa shape index (κ3) is 2.93. The van der Waals surface area contributed by atoms with Crippen LogP contribution in [-0.2, 0) is 14.9 Å². The van der Waals surface area contributed by atoms with Crippen molar-refractivity contribution in [1.82, 2.24) is 10.6 Å². The lowest BCUT2D eigenvalue weighted by Crippen LogP contribution is -2.42. The van der Waals surface area contributed by atoms with Crippen molar-refractivity contribution in [3.8, 4) is 0 Å². The number of carbonyl (C=O) groups is 1. The first kappa shape index (κ1) is 11.4. The highest BCUT2D eigenvalue weighted by molar-refractivity contribution is 7.86. The van der Waals surface area contributed by atoms with E-state index in [0.29, 0.717) is 13.0 Å². The fourth-order valence-electron chi connectivity index (χ4n) is 1.27. The van der Waals surface area contributed by atoms with Crippen molar-refractivity contribution < 1.29 is 17.8 Å². The highest BCUT2D eigenvalue weighted by Crippen LogP contribution is 2.08. The quantitative estimate of drug-likeness (QED) is 0.529. The van der Waals surface area contributed by atoms with E-state index in [4.69, 9.17) is 4.55 Å². The predicted molar refractivity (Wildman–Crippen MR) is 50.1 cm³/mol. The van der Waals surface area contributed by atoms with E-state index < -0.39 is 15.5 Å². The molecular formula is C7H14N2O4S. The van der Waals surface area contributed by atoms with Gasteiger partial charge in [0.2, 0.25) is 5.91 Å². The normalized spacial score (nSPS) is 24.6. The van der Waals surface area contributed by atoms with Gasteiger partial charge in [0, 0.05) is 6.54 Å². The van der Waals surface area contributed by atoms with Crippen molar-refractivity contribution in [2.45, 2.75) is 18.7 Å². The van der Waals surface area contributed by atoms with Crippen LogP contribution in [0.1, 0.15) is 13.3 Å². The van der Waals surface area contributed by atoms with Gasteiger partial charge in [0.15, 0.2) is 5.37 Å². The van der Waals surface area contributed by atoms with Crippen LogP contribution in [0.4, 0.5) is 0 Å². The fourth-order valence-corrected chi connectivity index (χ4v) is 1.54. The van der Waals surface area contributed by atoms with E-state index in [1.54, 1.807) is 0 Å². The average Bonchev–Trinajstić information content (AvgIpc) is 2.53. The summed E-state index contributed by atoms with van der Waals surface area (Å²) in [6.45, 7) is 2.55. The van der Waals surface area contributed by atoms with Crippen molar-refractivity contribution in [2.24, 2.45) is 5.92 Å². The molecule has 1 heterocycles. The van der Waals surface area contributed by atoms with Crippen LogP contribution in [0.2, 0.25) is 0 Å². The van der Waals surface area contributed by atoms with Crippen molar-refractivity contribution in [3.05, 3.63) is 0 Å². The lowest BCUT2D eigenvalue weighted by Gasteiger charge is -2.13. The zero-order valence-corrected chi connectivity index (χ0v) is 8.67. The summed E-state index contributed by atoms with van der Waals surface area (Å²) in [6.07, 6.45) is 0.698. The van der Waals surface area contributed by atoms with Gasteiger partial charge in [0.05, 0.1) is 5.92 Å². The summed E-state index contributed by atoms with van der Waals surface area (Å²) >= 11 is 0. The van der Waals surface area contributed by atoms with Gasteiger partial charge in [0.1, 0.15) is 0 Å². The summed E-state index contributed by atoms with van der Waals surface area (Å²) in [6, 6.07) is 0. The number of carbonyl (C=O) groups excluding carboxylic acids is 1. The number of hydrogen-bond acceptors (Lipinski definition) is 4. The second-order valence-corrected chi connectivity index (χ2v) is 5.09. The van der Waals surface area contributed by atoms with Gasteiger partial charge in [-0.15, -0.1) is 0 Å². The molecule has 0 saturated carbocycles. The second-order valence-electron chi connectivity index (χ2n) is 3.36. The summed E-state index contributed by atoms with van der Waals surface area (Å²) in [5, 5.41) is 4.00. The van der Waals surface area contributed by atoms with Gasteiger partial charge >= 0.3 is 0 Å². The van der Waals surface area contributed by atoms with Gasteiger partial charge in [-0.3, -0.25) is 9.35 Å². The average molecular weight is 222 g/mol. The molecule has 1 aliphatic heterocycles. The van der Waals surface area contributed by atoms with E-state index >= 15 is 0 Å². The smallest absolute Gasteiger partial charge is 0.285 e. The van der Waals surface area contributed by atoms with Gasteiger partial charge in [-0.05, 0) is 19.9 Å². The first-order valence-electron chi connectivity index (χ1n) is 4.38. The number of amides is 1. The van der Waals surface area contributed by atoms with Crippen LogP contribution in [0.25, 0.3) is 0 Å². The van der Waals surface area contributed by atoms with Crippen LogP contribution < -0.4 is 10.6 Å². The van der Waals surface area contributed by atoms with Gasteiger partial charge in [-0.2, -0.15) is 8.42 Å². The molecule has 7 heteroatoms. The molecule has 3 N–H and O–H groups in total. The van der Waals surface area contributed by atoms with Crippen LogP contribution in [0.15, 0.2) is 0 Å². The molecule has 0 bridgehead atoms. The molecule has 0 aromatic rings. The highest BCUT2D eigenvalue weighted by Gasteiger charge is 2.26. The summed E-state index contributed by atoms with van der Waals surface area (Å²) in [4.78, 5) is 11.4. The molecule has 0 aromatic heterocycles. The molecule has 2 unspecified atom stereocenters. The Balaban J connectivity index is 2.48. The monoisotopic (exact) mass is 222 g/mol. The molecule has 0 spiro atoms. The van der Waals surface area contributed by atoms with Crippen LogP contribution in [0.5, 0.6) is 0 Å². The Labute approximate surface area is 82.8 Å². The molecule has 0 aromatic carbocycles. The standard InChI is InChI=1S/C7H14N2O4S/c1-5(14(11,12)13)9-7(10)6-2-3-8-4-6/h5-6,8H,2-4H2,1H3,(H,9,10)(H,11,12,13). The highest BCUT2D eigenvalue weighted by atomic mass is 32.2. The van der Waals surface area contributed by atoms with Crippen molar-refractivity contribution >= 4 is 16.0 Å². The van der Waals surface area contributed by atoms with Crippen LogP contribution in [-0.4, -0.2) is 37.3 Å². The number of hydrogen-bond donors (Lipinski definition) is 3. The minimum Gasteiger partial charge on any atom is -0.338 e. The molecular weight excluding hydrogens is 208 g/mol. The van der Waals surface area contributed by atoms with Crippen LogP contribution in [0.3, 0.4) is 0 Å². The molecule has 6 nitrogen and oxygen atoms in total. The maximum absolute atomic E-state index is 11.4. The Morgan fingerprint density at radius 1 is 1.64 bits per heavy atom. The minimum absolute atomic E-state index is 0.195. The Kier molecular flexibility index (Phi) is 3.46. The van der Waals surface area contributed by atoms with E-state index in [-0.39, 0.29) is 11.8 Å². The summed E-state index contributed by atoms with van der Waals surface area (Å²) in [5.41, 5.74) is 0. The Morgan fingerprint density at radius 2 is 2.29 bits per heavy atom. The summed E-state index contributed by atoms with van der Waals surface area (Å²) in [5.74, 6) is -0.528. The molecule has 0 radical (unpaired) electrons. The third-order valence-corrected chi connectivity index (χ3v) is 3.23. The van der Waals surface area contributed by atoms with E-state index in [1.807, 2.05) is 0 Å². The molecule has 1 fully saturated rings. The molecule has 1 amide bonds. The maximum atomic E-state index is 11.4. The van der Waals surface area contributed by atoms with E-state index in [9.17, 15) is 13.2 Å². The van der Waals surface area contributed by atoms with E-state index in [1.165, 1.54) is 6.92 Å². The molecule has 82 valence electrons. The molecule has 2 atom stereocenters. The first-order valence-corrected chi connectivity index (χ1v) is 5.89. The Morgan fingerprint density at radius 3 is 2.71 bits per heavy atom. The van der Waals surface area contributed by atoms with Gasteiger partial charge in [0.25, 0.3) is 10.1 Å². The Hall–Kier alpha value is -0.660. The fraction of sp³-hybridized carbons (Fsp3) is 0.857. The summed E-state index contributed by atoms with van der Waals surface area (Å²) < 4.78 is 29.8. The number of rotatable bonds is 3. The van der Waals surface area contributed by atoms with Crippen LogP contribution >= 0.6 is 0 Å². The molecule has 14 heavy (non-hydrogen) atoms. The predicted octanol–water partition coefficient (Wildman–Crippen LogP) is -1.05. The summed E-state index contributed by atoms with van der Waals surface area (Å²) in [7, 11) is -4.18. The molecule has 1 aliphatic rings. The lowest BCUT2D eigenvalue weighted by atomic mass is 10.1. The maximum Gasteiger partial charge on any atom is 0.285 e. The largest absolute Gasteiger partial charge is 0.338 e. The van der Waals surface area contributed by atoms with Gasteiger partial charge in [-0.1, -0.05) is 0 Å². The zero-order valence-electron chi connectivity index (χ0n) is 7.86. The van der Waals surface area contributed by atoms with E-state index in [2.05, 4.69) is 10.6 Å². The first-order chi connectivity index (χ1) is 6.41. The zero-order chi connectivity index (χ0) is 10.8. The topological polar surface area (TPSA) is 95.5 Å². The van der Waals surface area contributed by atoms with Crippen molar-refractivity contribution in [1.29, 1.82) is 0 Å². The SMILES string of the molecule is CC(NC(=O)C1CCNC1)S(=O)(=O)O. The van der Waals surface area contributed by atoms with Gasteiger partial charge < -0.3 is 10.6 Å². The Bertz CT molecular complexity index is 308. The van der Waals surface area contributed by atoms with Gasteiger partial charge in [-0.25, -0.2) is 0 Å². The molecule has 1 saturated heterocycles. The van der Waals surface area contributed by atoms with Crippen molar-refractivity contribution in [3.63, 3.8) is 0 Å². The third-order valence-electron chi connectivity index (χ3n) is 2.22. The second kappa shape index (κ2) is 4.24. The van der Waals surface area contributed by atoms with Crippen LogP contribution in [0, 0.1) is 5.92 Å². The molecule has 0 aliphatic carbocycles. The molecule has 1 rings (SSSR count). The van der Waals surface area contributed by atoms with Crippen molar-refractivity contribution in [2.75, 3.05) is 13.1 Å².